The monoisotopic (exact) mass is 302 g/mol. The van der Waals surface area contributed by atoms with Crippen LogP contribution in [0.3, 0.4) is 0 Å². The first-order valence-corrected chi connectivity index (χ1v) is 6.89. The molecular formula is C15H21F3N2O. The Kier molecular flexibility index (Phi) is 6.20. The van der Waals surface area contributed by atoms with E-state index in [0.717, 1.165) is 12.1 Å². The lowest BCUT2D eigenvalue weighted by Crippen LogP contribution is -2.33. The standard InChI is InChI=1S/C15H21F3N2O/c1-10(14(21)20-8-7-11(2)19)9-12-3-5-13(6-4-12)15(16,17)18/h3-6,10-11H,7-9,19H2,1-2H3,(H,20,21). The molecule has 0 saturated heterocycles. The summed E-state index contributed by atoms with van der Waals surface area (Å²) in [5.74, 6) is -0.412. The van der Waals surface area contributed by atoms with Gasteiger partial charge in [0.25, 0.3) is 0 Å². The van der Waals surface area contributed by atoms with E-state index in [2.05, 4.69) is 5.32 Å². The van der Waals surface area contributed by atoms with Crippen LogP contribution in [0.15, 0.2) is 24.3 Å². The Morgan fingerprint density at radius 2 is 1.81 bits per heavy atom. The Morgan fingerprint density at radius 1 is 1.24 bits per heavy atom. The van der Waals surface area contributed by atoms with Crippen LogP contribution in [-0.2, 0) is 17.4 Å². The van der Waals surface area contributed by atoms with Crippen molar-refractivity contribution in [2.75, 3.05) is 6.54 Å². The summed E-state index contributed by atoms with van der Waals surface area (Å²) in [6, 6.07) is 4.92. The molecule has 0 bridgehead atoms. The third-order valence-electron chi connectivity index (χ3n) is 3.17. The van der Waals surface area contributed by atoms with E-state index >= 15 is 0 Å². The first-order valence-electron chi connectivity index (χ1n) is 6.89. The fraction of sp³-hybridized carbons (Fsp3) is 0.533. The summed E-state index contributed by atoms with van der Waals surface area (Å²) in [6.07, 6.45) is -3.23. The first kappa shape index (κ1) is 17.5. The van der Waals surface area contributed by atoms with E-state index < -0.39 is 11.7 Å². The van der Waals surface area contributed by atoms with Gasteiger partial charge in [0.15, 0.2) is 0 Å². The number of carbonyl (C=O) groups is 1. The van der Waals surface area contributed by atoms with Gasteiger partial charge in [-0.2, -0.15) is 13.2 Å². The van der Waals surface area contributed by atoms with Gasteiger partial charge in [-0.25, -0.2) is 0 Å². The third-order valence-corrected chi connectivity index (χ3v) is 3.17. The minimum atomic E-state index is -4.33. The predicted molar refractivity (Wildman–Crippen MR) is 75.6 cm³/mol. The summed E-state index contributed by atoms with van der Waals surface area (Å²) in [5.41, 5.74) is 5.61. The lowest BCUT2D eigenvalue weighted by molar-refractivity contribution is -0.137. The minimum absolute atomic E-state index is 0.0236. The van der Waals surface area contributed by atoms with Crippen molar-refractivity contribution in [2.45, 2.75) is 38.9 Å². The van der Waals surface area contributed by atoms with Gasteiger partial charge in [0.1, 0.15) is 0 Å². The smallest absolute Gasteiger partial charge is 0.356 e. The largest absolute Gasteiger partial charge is 0.416 e. The lowest BCUT2D eigenvalue weighted by Gasteiger charge is -2.14. The van der Waals surface area contributed by atoms with Gasteiger partial charge in [-0.1, -0.05) is 19.1 Å². The molecule has 0 saturated carbocycles. The highest BCUT2D eigenvalue weighted by Gasteiger charge is 2.30. The van der Waals surface area contributed by atoms with Crippen LogP contribution >= 0.6 is 0 Å². The van der Waals surface area contributed by atoms with Crippen molar-refractivity contribution in [3.8, 4) is 0 Å². The van der Waals surface area contributed by atoms with Crippen LogP contribution in [0, 0.1) is 5.92 Å². The van der Waals surface area contributed by atoms with Crippen LogP contribution in [-0.4, -0.2) is 18.5 Å². The topological polar surface area (TPSA) is 55.1 Å². The normalized spacial score (nSPS) is 14.6. The summed E-state index contributed by atoms with van der Waals surface area (Å²) >= 11 is 0. The molecular weight excluding hydrogens is 281 g/mol. The zero-order valence-corrected chi connectivity index (χ0v) is 12.2. The number of nitrogens with two attached hydrogens (primary N) is 1. The van der Waals surface area contributed by atoms with Crippen molar-refractivity contribution in [1.29, 1.82) is 0 Å². The number of rotatable bonds is 6. The van der Waals surface area contributed by atoms with Crippen molar-refractivity contribution in [3.63, 3.8) is 0 Å². The van der Waals surface area contributed by atoms with Gasteiger partial charge in [-0.15, -0.1) is 0 Å². The second-order valence-corrected chi connectivity index (χ2v) is 5.36. The quantitative estimate of drug-likeness (QED) is 0.849. The van der Waals surface area contributed by atoms with Gasteiger partial charge in [-0.3, -0.25) is 4.79 Å². The van der Waals surface area contributed by atoms with Gasteiger partial charge in [0.05, 0.1) is 5.56 Å². The van der Waals surface area contributed by atoms with E-state index in [9.17, 15) is 18.0 Å². The average molecular weight is 302 g/mol. The van der Waals surface area contributed by atoms with E-state index in [4.69, 9.17) is 5.73 Å². The Morgan fingerprint density at radius 3 is 2.29 bits per heavy atom. The maximum absolute atomic E-state index is 12.4. The zero-order valence-electron chi connectivity index (χ0n) is 12.2. The molecule has 2 unspecified atom stereocenters. The zero-order chi connectivity index (χ0) is 16.0. The predicted octanol–water partition coefficient (Wildman–Crippen LogP) is 2.74. The van der Waals surface area contributed by atoms with Crippen molar-refractivity contribution < 1.29 is 18.0 Å². The summed E-state index contributed by atoms with van der Waals surface area (Å²) in [7, 11) is 0. The van der Waals surface area contributed by atoms with Crippen molar-refractivity contribution in [1.82, 2.24) is 5.32 Å². The van der Waals surface area contributed by atoms with Gasteiger partial charge in [-0.05, 0) is 37.5 Å². The molecule has 0 aliphatic carbocycles. The molecule has 3 N–H and O–H groups in total. The van der Waals surface area contributed by atoms with Crippen LogP contribution in [0.4, 0.5) is 13.2 Å². The number of alkyl halides is 3. The number of hydrogen-bond acceptors (Lipinski definition) is 2. The van der Waals surface area contributed by atoms with E-state index in [1.54, 1.807) is 6.92 Å². The van der Waals surface area contributed by atoms with Crippen LogP contribution < -0.4 is 11.1 Å². The van der Waals surface area contributed by atoms with Crippen LogP contribution in [0.1, 0.15) is 31.4 Å². The Bertz CT molecular complexity index is 455. The molecule has 6 heteroatoms. The second kappa shape index (κ2) is 7.45. The van der Waals surface area contributed by atoms with Crippen LogP contribution in [0.2, 0.25) is 0 Å². The molecule has 0 radical (unpaired) electrons. The van der Waals surface area contributed by atoms with E-state index in [1.807, 2.05) is 6.92 Å². The maximum Gasteiger partial charge on any atom is 0.416 e. The molecule has 0 spiro atoms. The van der Waals surface area contributed by atoms with Gasteiger partial charge < -0.3 is 11.1 Å². The molecule has 21 heavy (non-hydrogen) atoms. The van der Waals surface area contributed by atoms with Gasteiger partial charge in [0.2, 0.25) is 5.91 Å². The first-order chi connectivity index (χ1) is 9.70. The van der Waals surface area contributed by atoms with Gasteiger partial charge in [0, 0.05) is 18.5 Å². The Balaban J connectivity index is 2.50. The summed E-state index contributed by atoms with van der Waals surface area (Å²) in [4.78, 5) is 11.8. The average Bonchev–Trinajstić information content (AvgIpc) is 2.37. The Labute approximate surface area is 122 Å². The van der Waals surface area contributed by atoms with E-state index in [-0.39, 0.29) is 17.9 Å². The van der Waals surface area contributed by atoms with Crippen molar-refractivity contribution >= 4 is 5.91 Å². The fourth-order valence-electron chi connectivity index (χ4n) is 1.87. The van der Waals surface area contributed by atoms with Crippen molar-refractivity contribution in [3.05, 3.63) is 35.4 Å². The van der Waals surface area contributed by atoms with E-state index in [0.29, 0.717) is 24.9 Å². The summed E-state index contributed by atoms with van der Waals surface area (Å²) < 4.78 is 37.3. The molecule has 0 fully saturated rings. The number of nitrogens with one attached hydrogen (secondary N) is 1. The highest BCUT2D eigenvalue weighted by atomic mass is 19.4. The SMILES string of the molecule is CC(N)CCNC(=O)C(C)Cc1ccc(C(F)(F)F)cc1. The third kappa shape index (κ3) is 6.16. The molecule has 1 rings (SSSR count). The summed E-state index contributed by atoms with van der Waals surface area (Å²) in [6.45, 7) is 4.12. The minimum Gasteiger partial charge on any atom is -0.356 e. The molecule has 1 aromatic carbocycles. The van der Waals surface area contributed by atoms with Crippen LogP contribution in [0.25, 0.3) is 0 Å². The molecule has 1 aromatic rings. The second-order valence-electron chi connectivity index (χ2n) is 5.36. The number of halogens is 3. The molecule has 1 amide bonds. The number of carbonyl (C=O) groups excluding carboxylic acids is 1. The molecule has 0 aliphatic rings. The molecule has 0 aliphatic heterocycles. The highest BCUT2D eigenvalue weighted by Crippen LogP contribution is 2.29. The van der Waals surface area contributed by atoms with Gasteiger partial charge >= 0.3 is 6.18 Å². The fourth-order valence-corrected chi connectivity index (χ4v) is 1.87. The molecule has 3 nitrogen and oxygen atoms in total. The molecule has 0 heterocycles. The Hall–Kier alpha value is -1.56. The maximum atomic E-state index is 12.4. The van der Waals surface area contributed by atoms with Crippen molar-refractivity contribution in [2.24, 2.45) is 11.7 Å². The highest BCUT2D eigenvalue weighted by molar-refractivity contribution is 5.78. The molecule has 118 valence electrons. The molecule has 0 aromatic heterocycles. The number of hydrogen-bond donors (Lipinski definition) is 2. The molecule has 2 atom stereocenters. The number of amides is 1. The summed E-state index contributed by atoms with van der Waals surface area (Å²) in [5, 5.41) is 2.77. The lowest BCUT2D eigenvalue weighted by atomic mass is 9.99. The number of benzene rings is 1. The van der Waals surface area contributed by atoms with E-state index in [1.165, 1.54) is 12.1 Å². The van der Waals surface area contributed by atoms with Crippen LogP contribution in [0.5, 0.6) is 0 Å².